The van der Waals surface area contributed by atoms with Crippen LogP contribution in [0.25, 0.3) is 0 Å². The third kappa shape index (κ3) is 7.15. The monoisotopic (exact) mass is 450 g/mol. The molecule has 1 aliphatic carbocycles. The van der Waals surface area contributed by atoms with Gasteiger partial charge in [0, 0.05) is 18.3 Å². The zero-order valence-corrected chi connectivity index (χ0v) is 18.1. The Bertz CT molecular complexity index is 875. The highest BCUT2D eigenvalue weighted by atomic mass is 19.4. The first-order valence-electron chi connectivity index (χ1n) is 10.9. The number of rotatable bonds is 9. The number of alkyl halides is 3. The molecule has 0 heterocycles. The van der Waals surface area contributed by atoms with Crippen LogP contribution in [-0.2, 0) is 11.3 Å². The van der Waals surface area contributed by atoms with Crippen molar-refractivity contribution in [3.05, 3.63) is 54.1 Å². The summed E-state index contributed by atoms with van der Waals surface area (Å²) in [7, 11) is 0. The maximum atomic E-state index is 13.0. The molecule has 1 amide bonds. The summed E-state index contributed by atoms with van der Waals surface area (Å²) in [5.74, 6) is -0.587. The van der Waals surface area contributed by atoms with E-state index in [0.717, 1.165) is 12.0 Å². The fourth-order valence-corrected chi connectivity index (χ4v) is 3.85. The Morgan fingerprint density at radius 3 is 2.56 bits per heavy atom. The van der Waals surface area contributed by atoms with Crippen LogP contribution < -0.4 is 20.1 Å². The number of halogens is 3. The molecule has 0 saturated heterocycles. The molecular weight excluding hydrogens is 421 g/mol. The molecule has 8 heteroatoms. The highest BCUT2D eigenvalue weighted by molar-refractivity contribution is 5.91. The van der Waals surface area contributed by atoms with Crippen molar-refractivity contribution in [1.82, 2.24) is 5.32 Å². The number of ether oxygens (including phenoxy) is 2. The summed E-state index contributed by atoms with van der Waals surface area (Å²) in [6.45, 7) is 2.52. The molecule has 2 aromatic rings. The maximum Gasteiger partial charge on any atom is 0.391 e. The van der Waals surface area contributed by atoms with Crippen molar-refractivity contribution < 1.29 is 27.4 Å². The van der Waals surface area contributed by atoms with Gasteiger partial charge in [-0.3, -0.25) is 4.79 Å². The third-order valence-corrected chi connectivity index (χ3v) is 5.46. The van der Waals surface area contributed by atoms with Crippen molar-refractivity contribution in [3.63, 3.8) is 0 Å². The van der Waals surface area contributed by atoms with Crippen LogP contribution in [0.15, 0.2) is 48.5 Å². The molecule has 3 rings (SSSR count). The minimum absolute atomic E-state index is 0.111. The Hall–Kier alpha value is -2.74. The second kappa shape index (κ2) is 11.2. The number of anilines is 1. The van der Waals surface area contributed by atoms with Crippen LogP contribution in [0, 0.1) is 5.92 Å². The summed E-state index contributed by atoms with van der Waals surface area (Å²) in [5.41, 5.74) is 1.56. The molecule has 0 bridgehead atoms. The fraction of sp³-hybridized carbons (Fsp3) is 0.458. The van der Waals surface area contributed by atoms with E-state index in [-0.39, 0.29) is 31.4 Å². The van der Waals surface area contributed by atoms with Gasteiger partial charge >= 0.3 is 6.18 Å². The quantitative estimate of drug-likeness (QED) is 0.543. The maximum absolute atomic E-state index is 13.0. The van der Waals surface area contributed by atoms with Crippen LogP contribution in [0.2, 0.25) is 0 Å². The van der Waals surface area contributed by atoms with Gasteiger partial charge in [0.1, 0.15) is 0 Å². The van der Waals surface area contributed by atoms with Gasteiger partial charge in [0.05, 0.1) is 12.5 Å². The molecule has 1 fully saturated rings. The van der Waals surface area contributed by atoms with E-state index in [1.54, 1.807) is 24.3 Å². The van der Waals surface area contributed by atoms with E-state index in [2.05, 4.69) is 10.6 Å². The summed E-state index contributed by atoms with van der Waals surface area (Å²) >= 11 is 0. The van der Waals surface area contributed by atoms with E-state index in [1.165, 1.54) is 0 Å². The van der Waals surface area contributed by atoms with Gasteiger partial charge in [-0.15, -0.1) is 0 Å². The van der Waals surface area contributed by atoms with Crippen LogP contribution >= 0.6 is 0 Å². The van der Waals surface area contributed by atoms with Crippen LogP contribution in [0.5, 0.6) is 11.5 Å². The van der Waals surface area contributed by atoms with Gasteiger partial charge in [0.25, 0.3) is 5.91 Å². The van der Waals surface area contributed by atoms with Gasteiger partial charge < -0.3 is 20.1 Å². The van der Waals surface area contributed by atoms with Gasteiger partial charge in [0.2, 0.25) is 0 Å². The number of nitrogens with one attached hydrogen (secondary N) is 2. The lowest BCUT2D eigenvalue weighted by Gasteiger charge is -2.31. The van der Waals surface area contributed by atoms with E-state index in [4.69, 9.17) is 9.47 Å². The molecule has 32 heavy (non-hydrogen) atoms. The van der Waals surface area contributed by atoms with Crippen molar-refractivity contribution in [2.24, 2.45) is 5.92 Å². The number of hydrogen-bond donors (Lipinski definition) is 2. The van der Waals surface area contributed by atoms with Crippen molar-refractivity contribution in [2.75, 3.05) is 18.5 Å². The number of para-hydroxylation sites is 1. The standard InChI is InChI=1S/C24H29F3N2O3/c1-2-31-22-13-17(15-28-20-10-6-7-18(14-20)24(25,26)27)11-12-21(22)32-16-23(30)29-19-8-4-3-5-9-19/h3-5,8-9,11-13,18,20,28H,2,6-7,10,14-16H2,1H3,(H,29,30). The number of hydrogen-bond acceptors (Lipinski definition) is 4. The molecule has 5 nitrogen and oxygen atoms in total. The summed E-state index contributed by atoms with van der Waals surface area (Å²) in [5, 5.41) is 6.00. The molecule has 0 radical (unpaired) electrons. The number of carbonyl (C=O) groups excluding carboxylic acids is 1. The van der Waals surface area contributed by atoms with Gasteiger partial charge in [-0.1, -0.05) is 30.7 Å². The van der Waals surface area contributed by atoms with E-state index >= 15 is 0 Å². The number of amides is 1. The third-order valence-electron chi connectivity index (χ3n) is 5.46. The first-order valence-corrected chi connectivity index (χ1v) is 10.9. The van der Waals surface area contributed by atoms with Crippen molar-refractivity contribution in [2.45, 2.75) is 51.4 Å². The molecular formula is C24H29F3N2O3. The van der Waals surface area contributed by atoms with Crippen LogP contribution in [0.1, 0.15) is 38.2 Å². The minimum atomic E-state index is -4.13. The number of carbonyl (C=O) groups is 1. The predicted octanol–water partition coefficient (Wildman–Crippen LogP) is 5.31. The second-order valence-corrected chi connectivity index (χ2v) is 7.90. The first-order chi connectivity index (χ1) is 15.3. The van der Waals surface area contributed by atoms with Crippen molar-refractivity contribution in [3.8, 4) is 11.5 Å². The normalized spacial score (nSPS) is 18.8. The molecule has 0 aliphatic heterocycles. The largest absolute Gasteiger partial charge is 0.490 e. The Kier molecular flexibility index (Phi) is 8.39. The Balaban J connectivity index is 1.55. The molecule has 0 aromatic heterocycles. The lowest BCUT2D eigenvalue weighted by atomic mass is 9.85. The average molecular weight is 451 g/mol. The Morgan fingerprint density at radius 2 is 1.84 bits per heavy atom. The molecule has 2 aromatic carbocycles. The summed E-state index contributed by atoms with van der Waals surface area (Å²) in [6.07, 6.45) is -2.50. The highest BCUT2D eigenvalue weighted by Crippen LogP contribution is 2.37. The summed E-state index contributed by atoms with van der Waals surface area (Å²) < 4.78 is 50.4. The first kappa shape index (κ1) is 23.9. The smallest absolute Gasteiger partial charge is 0.391 e. The summed E-state index contributed by atoms with van der Waals surface area (Å²) in [4.78, 5) is 12.1. The molecule has 0 spiro atoms. The molecule has 2 unspecified atom stereocenters. The lowest BCUT2D eigenvalue weighted by Crippen LogP contribution is -2.38. The molecule has 2 N–H and O–H groups in total. The van der Waals surface area contributed by atoms with Crippen LogP contribution in [-0.4, -0.2) is 31.3 Å². The summed E-state index contributed by atoms with van der Waals surface area (Å²) in [6, 6.07) is 14.3. The zero-order valence-electron chi connectivity index (χ0n) is 18.1. The van der Waals surface area contributed by atoms with Crippen LogP contribution in [0.4, 0.5) is 18.9 Å². The molecule has 2 atom stereocenters. The zero-order chi connectivity index (χ0) is 23.0. The van der Waals surface area contributed by atoms with Gasteiger partial charge in [-0.05, 0) is 56.0 Å². The Morgan fingerprint density at radius 1 is 1.06 bits per heavy atom. The lowest BCUT2D eigenvalue weighted by molar-refractivity contribution is -0.183. The SMILES string of the molecule is CCOc1cc(CNC2CCCC(C(F)(F)F)C2)ccc1OCC(=O)Nc1ccccc1. The van der Waals surface area contributed by atoms with Crippen LogP contribution in [0.3, 0.4) is 0 Å². The van der Waals surface area contributed by atoms with E-state index in [9.17, 15) is 18.0 Å². The molecule has 1 saturated carbocycles. The second-order valence-electron chi connectivity index (χ2n) is 7.90. The minimum Gasteiger partial charge on any atom is -0.490 e. The topological polar surface area (TPSA) is 59.6 Å². The Labute approximate surface area is 186 Å². The predicted molar refractivity (Wildman–Crippen MR) is 117 cm³/mol. The highest BCUT2D eigenvalue weighted by Gasteiger charge is 2.41. The molecule has 174 valence electrons. The van der Waals surface area contributed by atoms with Crippen molar-refractivity contribution >= 4 is 11.6 Å². The van der Waals surface area contributed by atoms with Crippen molar-refractivity contribution in [1.29, 1.82) is 0 Å². The van der Waals surface area contributed by atoms with E-state index in [0.29, 0.717) is 36.8 Å². The van der Waals surface area contributed by atoms with Gasteiger partial charge in [-0.2, -0.15) is 13.2 Å². The number of benzene rings is 2. The molecule has 1 aliphatic rings. The average Bonchev–Trinajstić information content (AvgIpc) is 2.77. The van der Waals surface area contributed by atoms with E-state index in [1.807, 2.05) is 31.2 Å². The fourth-order valence-electron chi connectivity index (χ4n) is 3.85. The van der Waals surface area contributed by atoms with Gasteiger partial charge in [-0.25, -0.2) is 0 Å². The van der Waals surface area contributed by atoms with E-state index < -0.39 is 12.1 Å². The van der Waals surface area contributed by atoms with Gasteiger partial charge in [0.15, 0.2) is 18.1 Å².